The number of fused-ring (bicyclic) bond motifs is 1. The van der Waals surface area contributed by atoms with Crippen molar-refractivity contribution in [3.05, 3.63) is 81.8 Å². The maximum Gasteiger partial charge on any atom is 1.00 e. The van der Waals surface area contributed by atoms with Gasteiger partial charge in [0, 0.05) is 16.0 Å². The molecule has 39 heavy (non-hydrogen) atoms. The van der Waals surface area contributed by atoms with Crippen LogP contribution in [-0.4, -0.2) is 25.5 Å². The fraction of sp³-hybridized carbons (Fsp3) is 0.115. The average molecular weight is 596 g/mol. The normalized spacial score (nSPS) is 11.4. The Balaban J connectivity index is 0.00000420. The zero-order valence-electron chi connectivity index (χ0n) is 21.0. The van der Waals surface area contributed by atoms with Crippen LogP contribution in [0.25, 0.3) is 10.8 Å². The zero-order valence-corrected chi connectivity index (χ0v) is 25.4. The minimum atomic E-state index is -4.68. The molecule has 9 nitrogen and oxygen atoms in total. The molecule has 4 rings (SSSR count). The number of halogens is 2. The van der Waals surface area contributed by atoms with Crippen LogP contribution in [0, 0.1) is 6.92 Å². The van der Waals surface area contributed by atoms with Gasteiger partial charge in [-0.05, 0) is 55.1 Å². The smallest absolute Gasteiger partial charge is 0.870 e. The first-order valence-corrected chi connectivity index (χ1v) is 13.4. The van der Waals surface area contributed by atoms with Gasteiger partial charge in [0.25, 0.3) is 16.0 Å². The van der Waals surface area contributed by atoms with Gasteiger partial charge in [-0.25, -0.2) is 0 Å². The van der Waals surface area contributed by atoms with Gasteiger partial charge >= 0.3 is 29.6 Å². The van der Waals surface area contributed by atoms with Crippen LogP contribution in [0.3, 0.4) is 0 Å². The van der Waals surface area contributed by atoms with E-state index in [2.05, 4.69) is 15.5 Å². The third kappa shape index (κ3) is 6.55. The molecule has 2 N–H and O–H groups in total. The Morgan fingerprint density at radius 2 is 1.74 bits per heavy atom. The van der Waals surface area contributed by atoms with Gasteiger partial charge in [-0.1, -0.05) is 59.3 Å². The van der Waals surface area contributed by atoms with Crippen molar-refractivity contribution >= 4 is 67.1 Å². The Bertz CT molecular complexity index is 1710. The van der Waals surface area contributed by atoms with E-state index in [-0.39, 0.29) is 67.8 Å². The van der Waals surface area contributed by atoms with Gasteiger partial charge in [0.05, 0.1) is 18.0 Å². The second-order valence-corrected chi connectivity index (χ2v) is 10.2. The van der Waals surface area contributed by atoms with Crippen molar-refractivity contribution in [2.75, 3.05) is 11.9 Å². The van der Waals surface area contributed by atoms with Crippen molar-refractivity contribution in [3.63, 3.8) is 0 Å². The topological polar surface area (TPSA) is 140 Å². The molecule has 196 valence electrons. The van der Waals surface area contributed by atoms with Crippen LogP contribution in [0.4, 0.5) is 17.1 Å². The van der Waals surface area contributed by atoms with Crippen molar-refractivity contribution in [2.24, 2.45) is 10.2 Å². The number of amides is 1. The molecule has 0 spiro atoms. The molecule has 0 bridgehead atoms. The predicted octanol–water partition coefficient (Wildman–Crippen LogP) is 3.85. The third-order valence-electron chi connectivity index (χ3n) is 5.59. The van der Waals surface area contributed by atoms with E-state index in [0.29, 0.717) is 23.1 Å². The Labute approximate surface area is 256 Å². The predicted molar refractivity (Wildman–Crippen MR) is 144 cm³/mol. The summed E-state index contributed by atoms with van der Waals surface area (Å²) in [5.41, 5.74) is -0.222. The summed E-state index contributed by atoms with van der Waals surface area (Å²) in [5, 5.41) is 25.3. The third-order valence-corrected chi connectivity index (χ3v) is 7.27. The van der Waals surface area contributed by atoms with Gasteiger partial charge in [-0.15, -0.1) is 5.11 Å². The van der Waals surface area contributed by atoms with E-state index in [0.717, 1.165) is 6.07 Å². The van der Waals surface area contributed by atoms with Crippen molar-refractivity contribution in [2.45, 2.75) is 18.7 Å². The number of nitrogens with one attached hydrogen (secondary N) is 1. The molecular formula is C26H20Cl2N3NaO6S. The van der Waals surface area contributed by atoms with E-state index >= 15 is 0 Å². The number of hydrogen-bond donors (Lipinski definition) is 2. The Morgan fingerprint density at radius 1 is 1.05 bits per heavy atom. The van der Waals surface area contributed by atoms with Crippen LogP contribution < -0.4 is 44.7 Å². The molecule has 0 heterocycles. The number of anilines is 1. The van der Waals surface area contributed by atoms with E-state index in [9.17, 15) is 22.9 Å². The van der Waals surface area contributed by atoms with Crippen molar-refractivity contribution in [1.82, 2.24) is 0 Å². The molecule has 0 fully saturated rings. The molecular weight excluding hydrogens is 576 g/mol. The molecule has 4 aromatic rings. The number of azo groups is 1. The van der Waals surface area contributed by atoms with Crippen LogP contribution in [0.1, 0.15) is 22.8 Å². The number of carbonyl (C=O) groups is 1. The standard InChI is InChI=1S/C26H21Cl2N3O6S.Na/c1-3-37-20-10-6-9-19(22(20)28)29-26(33)17-13-15-7-4-5-8-16(15)24(25(17)32)31-30-23-14(2)18(27)11-12-21(23)38(34,35)36;/h4-13,32H,3H2,1-2H3,(H,29,33)(H,34,35,36);/q;+1/p-1. The van der Waals surface area contributed by atoms with Crippen LogP contribution >= 0.6 is 23.2 Å². The molecule has 0 radical (unpaired) electrons. The van der Waals surface area contributed by atoms with Gasteiger partial charge in [-0.3, -0.25) is 9.35 Å². The number of carbonyl (C=O) groups excluding carboxylic acids is 1. The van der Waals surface area contributed by atoms with Crippen molar-refractivity contribution < 1.29 is 57.2 Å². The molecule has 0 saturated carbocycles. The summed E-state index contributed by atoms with van der Waals surface area (Å²) in [6.07, 6.45) is 0. The Kier molecular flexibility index (Phi) is 10.0. The maximum absolute atomic E-state index is 13.5. The van der Waals surface area contributed by atoms with Crippen molar-refractivity contribution in [3.8, 4) is 11.5 Å². The molecule has 0 aliphatic heterocycles. The summed E-state index contributed by atoms with van der Waals surface area (Å²) in [4.78, 5) is 12.7. The average Bonchev–Trinajstić information content (AvgIpc) is 2.87. The number of ether oxygens (including phenoxy) is 1. The first-order valence-electron chi connectivity index (χ1n) is 11.2. The Morgan fingerprint density at radius 3 is 2.44 bits per heavy atom. The zero-order chi connectivity index (χ0) is 27.6. The van der Waals surface area contributed by atoms with E-state index in [1.807, 2.05) is 0 Å². The number of hydrogen-bond acceptors (Lipinski definition) is 7. The van der Waals surface area contributed by atoms with Crippen molar-refractivity contribution in [1.29, 1.82) is 0 Å². The minimum absolute atomic E-state index is 0. The number of nitrogens with zero attached hydrogens (tertiary/aromatic N) is 2. The molecule has 0 aliphatic carbocycles. The second kappa shape index (κ2) is 12.6. The first kappa shape index (κ1) is 30.8. The summed E-state index contributed by atoms with van der Waals surface area (Å²) in [6.45, 7) is 3.65. The van der Waals surface area contributed by atoms with Gasteiger partial charge in [0.2, 0.25) is 0 Å². The molecule has 0 aliphatic rings. The first-order chi connectivity index (χ1) is 18.0. The van der Waals surface area contributed by atoms with Crippen LogP contribution in [-0.2, 0) is 10.1 Å². The monoisotopic (exact) mass is 595 g/mol. The summed E-state index contributed by atoms with van der Waals surface area (Å²) in [6, 6.07) is 15.3. The maximum atomic E-state index is 13.5. The van der Waals surface area contributed by atoms with Gasteiger partial charge in [0.1, 0.15) is 21.4 Å². The number of benzene rings is 4. The SMILES string of the molecule is CCOc1cccc(NC(=O)c2cc3ccccc3c(N=Nc3c(S(=O)(=O)O)ccc(Cl)c3C)c2[O-])c1Cl.[Na+]. The summed E-state index contributed by atoms with van der Waals surface area (Å²) in [7, 11) is -4.68. The van der Waals surface area contributed by atoms with E-state index in [1.54, 1.807) is 49.4 Å². The van der Waals surface area contributed by atoms with E-state index < -0.39 is 26.7 Å². The summed E-state index contributed by atoms with van der Waals surface area (Å²) >= 11 is 12.5. The molecule has 1 amide bonds. The van der Waals surface area contributed by atoms with Gasteiger partial charge in [-0.2, -0.15) is 13.5 Å². The quantitative estimate of drug-likeness (QED) is 0.189. The van der Waals surface area contributed by atoms with Crippen LogP contribution in [0.2, 0.25) is 10.0 Å². The molecule has 0 atom stereocenters. The molecule has 0 aromatic heterocycles. The Hall–Kier alpha value is -2.70. The number of rotatable bonds is 7. The van der Waals surface area contributed by atoms with E-state index in [4.69, 9.17) is 27.9 Å². The molecule has 0 unspecified atom stereocenters. The molecule has 4 aromatic carbocycles. The fourth-order valence-corrected chi connectivity index (χ4v) is 4.78. The molecule has 0 saturated heterocycles. The fourth-order valence-electron chi connectivity index (χ4n) is 3.72. The van der Waals surface area contributed by atoms with Gasteiger partial charge < -0.3 is 15.2 Å². The summed E-state index contributed by atoms with van der Waals surface area (Å²) < 4.78 is 38.9. The van der Waals surface area contributed by atoms with Crippen LogP contribution in [0.5, 0.6) is 11.5 Å². The summed E-state index contributed by atoms with van der Waals surface area (Å²) in [5.74, 6) is -1.13. The largest absolute Gasteiger partial charge is 1.00 e. The van der Waals surface area contributed by atoms with Gasteiger partial charge in [0.15, 0.2) is 0 Å². The molecule has 13 heteroatoms. The van der Waals surface area contributed by atoms with E-state index in [1.165, 1.54) is 19.1 Å². The second-order valence-electron chi connectivity index (χ2n) is 8.02. The minimum Gasteiger partial charge on any atom is -0.870 e. The van der Waals surface area contributed by atoms with Crippen LogP contribution in [0.15, 0.2) is 75.8 Å².